The summed E-state index contributed by atoms with van der Waals surface area (Å²) in [7, 11) is -4.30. The number of hydrogen-bond acceptors (Lipinski definition) is 6. The molecule has 1 fully saturated rings. The lowest BCUT2D eigenvalue weighted by molar-refractivity contribution is -0.135. The number of nitrogens with one attached hydrogen (secondary N) is 2. The summed E-state index contributed by atoms with van der Waals surface area (Å²) in [5.41, 5.74) is 1.96. The van der Waals surface area contributed by atoms with Gasteiger partial charge in [0.25, 0.3) is 6.08 Å². The zero-order chi connectivity index (χ0) is 28.2. The first kappa shape index (κ1) is 28.8. The van der Waals surface area contributed by atoms with Gasteiger partial charge >= 0.3 is 0 Å². The smallest absolute Gasteiger partial charge is 0.269 e. The van der Waals surface area contributed by atoms with Crippen LogP contribution in [0.3, 0.4) is 0 Å². The van der Waals surface area contributed by atoms with Crippen molar-refractivity contribution in [3.8, 4) is 11.3 Å². The fraction of sp³-hybridized carbons (Fsp3) is 0.269. The van der Waals surface area contributed by atoms with E-state index in [0.29, 0.717) is 26.8 Å². The molecule has 0 bridgehead atoms. The van der Waals surface area contributed by atoms with Gasteiger partial charge in [0.1, 0.15) is 6.04 Å². The Morgan fingerprint density at radius 3 is 2.51 bits per heavy atom. The molecular formula is C26H25ClF2N4O4S2. The van der Waals surface area contributed by atoms with Crippen molar-refractivity contribution in [3.63, 3.8) is 0 Å². The van der Waals surface area contributed by atoms with E-state index in [4.69, 9.17) is 11.6 Å². The van der Waals surface area contributed by atoms with Gasteiger partial charge in [0.15, 0.2) is 0 Å². The molecule has 1 aliphatic heterocycles. The van der Waals surface area contributed by atoms with E-state index in [2.05, 4.69) is 15.0 Å². The molecule has 4 rings (SSSR count). The second kappa shape index (κ2) is 12.3. The Balaban J connectivity index is 1.60. The molecule has 2 N–H and O–H groups in total. The molecule has 39 heavy (non-hydrogen) atoms. The molecule has 2 aromatic heterocycles. The van der Waals surface area contributed by atoms with E-state index in [0.717, 1.165) is 0 Å². The predicted molar refractivity (Wildman–Crippen MR) is 146 cm³/mol. The van der Waals surface area contributed by atoms with Crippen LogP contribution in [-0.2, 0) is 19.6 Å². The summed E-state index contributed by atoms with van der Waals surface area (Å²) >= 11 is 7.11. The molecule has 0 unspecified atom stereocenters. The van der Waals surface area contributed by atoms with Crippen LogP contribution >= 0.6 is 22.9 Å². The molecule has 13 heteroatoms. The van der Waals surface area contributed by atoms with Crippen molar-refractivity contribution in [1.82, 2.24) is 14.6 Å². The van der Waals surface area contributed by atoms with E-state index >= 15 is 0 Å². The molecular weight excluding hydrogens is 570 g/mol. The van der Waals surface area contributed by atoms with E-state index in [1.54, 1.807) is 48.8 Å². The standard InChI is InChI=1S/C26H25ClF2N4O4S2/c1-16-19(20-6-2-3-10-30-20)5-4-7-22(16)39(36,37)32-21(14-24(34)31-18-13-23(27)38-15-18)26(35)33-11-8-17(9-12-33)25(28)29/h2-7,10,13,15,21,32H,8-9,11-12,14H2,1H3,(H,31,34)/t21-/m0/s1. The molecule has 3 heterocycles. The van der Waals surface area contributed by atoms with Gasteiger partial charge in [-0.3, -0.25) is 14.6 Å². The van der Waals surface area contributed by atoms with Gasteiger partial charge in [0.05, 0.1) is 27.0 Å². The molecule has 3 aromatic rings. The minimum Gasteiger partial charge on any atom is -0.341 e. The van der Waals surface area contributed by atoms with Crippen molar-refractivity contribution in [1.29, 1.82) is 0 Å². The highest BCUT2D eigenvalue weighted by Gasteiger charge is 2.33. The summed E-state index contributed by atoms with van der Waals surface area (Å²) in [6.45, 7) is 1.60. The lowest BCUT2D eigenvalue weighted by Gasteiger charge is -2.31. The van der Waals surface area contributed by atoms with Gasteiger partial charge in [0.2, 0.25) is 21.8 Å². The monoisotopic (exact) mass is 594 g/mol. The lowest BCUT2D eigenvalue weighted by Crippen LogP contribution is -2.51. The summed E-state index contributed by atoms with van der Waals surface area (Å²) in [6.07, 6.45) is -0.745. The fourth-order valence-corrected chi connectivity index (χ4v) is 6.58. The average Bonchev–Trinajstić information content (AvgIpc) is 3.32. The number of rotatable bonds is 8. The zero-order valence-corrected chi connectivity index (χ0v) is 23.2. The van der Waals surface area contributed by atoms with Crippen molar-refractivity contribution < 1.29 is 26.8 Å². The van der Waals surface area contributed by atoms with Crippen LogP contribution in [0.1, 0.15) is 24.8 Å². The van der Waals surface area contributed by atoms with Crippen LogP contribution < -0.4 is 10.0 Å². The first-order chi connectivity index (χ1) is 18.5. The molecule has 206 valence electrons. The van der Waals surface area contributed by atoms with Crippen molar-refractivity contribution in [2.45, 2.75) is 37.1 Å². The Kier molecular flexibility index (Phi) is 9.11. The van der Waals surface area contributed by atoms with Crippen molar-refractivity contribution in [2.75, 3.05) is 18.4 Å². The number of aromatic nitrogens is 1. The Hall–Kier alpha value is -3.19. The van der Waals surface area contributed by atoms with Gasteiger partial charge in [-0.25, -0.2) is 8.42 Å². The van der Waals surface area contributed by atoms with Crippen molar-refractivity contribution in [3.05, 3.63) is 75.6 Å². The van der Waals surface area contributed by atoms with E-state index in [1.165, 1.54) is 28.4 Å². The third-order valence-electron chi connectivity index (χ3n) is 6.30. The number of carbonyl (C=O) groups is 2. The predicted octanol–water partition coefficient (Wildman–Crippen LogP) is 5.22. The normalized spacial score (nSPS) is 14.7. The number of pyridine rings is 1. The number of halogens is 3. The number of piperidine rings is 1. The molecule has 0 aliphatic carbocycles. The van der Waals surface area contributed by atoms with Crippen LogP contribution in [0.25, 0.3) is 11.3 Å². The highest BCUT2D eigenvalue weighted by atomic mass is 35.5. The van der Waals surface area contributed by atoms with E-state index < -0.39 is 40.4 Å². The SMILES string of the molecule is Cc1c(-c2ccccn2)cccc1S(=O)(=O)N[C@@H](CC(=O)Nc1csc(Cl)c1)C(=O)N1CCC(=C(F)F)CC1. The van der Waals surface area contributed by atoms with E-state index in [-0.39, 0.29) is 36.4 Å². The van der Waals surface area contributed by atoms with Crippen LogP contribution in [0, 0.1) is 6.92 Å². The number of carbonyl (C=O) groups excluding carboxylic acids is 2. The molecule has 0 spiro atoms. The van der Waals surface area contributed by atoms with Crippen molar-refractivity contribution in [2.24, 2.45) is 0 Å². The highest BCUT2D eigenvalue weighted by Crippen LogP contribution is 2.28. The first-order valence-corrected chi connectivity index (χ1v) is 14.7. The van der Waals surface area contributed by atoms with Crippen LogP contribution in [0.15, 0.2) is 70.6 Å². The minimum absolute atomic E-state index is 0.0142. The van der Waals surface area contributed by atoms with Gasteiger partial charge in [0, 0.05) is 30.2 Å². The number of nitrogens with zero attached hydrogens (tertiary/aromatic N) is 2. The number of thiophene rings is 1. The Morgan fingerprint density at radius 2 is 1.90 bits per heavy atom. The van der Waals surface area contributed by atoms with E-state index in [9.17, 15) is 26.8 Å². The lowest BCUT2D eigenvalue weighted by atomic mass is 10.0. The Morgan fingerprint density at radius 1 is 1.15 bits per heavy atom. The zero-order valence-electron chi connectivity index (χ0n) is 20.8. The molecule has 1 aromatic carbocycles. The second-order valence-corrected chi connectivity index (χ2v) is 12.1. The van der Waals surface area contributed by atoms with Crippen LogP contribution in [0.5, 0.6) is 0 Å². The maximum absolute atomic E-state index is 13.6. The molecule has 1 saturated heterocycles. The third kappa shape index (κ3) is 7.07. The third-order valence-corrected chi connectivity index (χ3v) is 9.00. The number of likely N-dealkylation sites (tertiary alicyclic amines) is 1. The quantitative estimate of drug-likeness (QED) is 0.372. The van der Waals surface area contributed by atoms with Gasteiger partial charge in [-0.2, -0.15) is 13.5 Å². The first-order valence-electron chi connectivity index (χ1n) is 11.9. The number of hydrogen-bond donors (Lipinski definition) is 2. The maximum atomic E-state index is 13.6. The number of benzene rings is 1. The summed E-state index contributed by atoms with van der Waals surface area (Å²) in [6, 6.07) is 10.0. The summed E-state index contributed by atoms with van der Waals surface area (Å²) < 4.78 is 56.0. The summed E-state index contributed by atoms with van der Waals surface area (Å²) in [5, 5.41) is 4.22. The fourth-order valence-electron chi connectivity index (χ4n) is 4.31. The molecule has 0 saturated carbocycles. The Bertz CT molecular complexity index is 1500. The van der Waals surface area contributed by atoms with Gasteiger partial charge in [-0.1, -0.05) is 29.8 Å². The van der Waals surface area contributed by atoms with Crippen molar-refractivity contribution >= 4 is 50.5 Å². The van der Waals surface area contributed by atoms with Crippen LogP contribution in [-0.4, -0.2) is 49.2 Å². The molecule has 1 aliphatic rings. The molecule has 1 atom stereocenters. The number of amides is 2. The van der Waals surface area contributed by atoms with E-state index in [1.807, 2.05) is 0 Å². The molecule has 8 nitrogen and oxygen atoms in total. The second-order valence-electron chi connectivity index (χ2n) is 8.90. The maximum Gasteiger partial charge on any atom is 0.269 e. The Labute approximate surface area is 233 Å². The average molecular weight is 595 g/mol. The molecule has 2 amide bonds. The van der Waals surface area contributed by atoms with Crippen LogP contribution in [0.4, 0.5) is 14.5 Å². The van der Waals surface area contributed by atoms with Crippen LogP contribution in [0.2, 0.25) is 4.34 Å². The highest BCUT2D eigenvalue weighted by molar-refractivity contribution is 7.89. The minimum atomic E-state index is -4.30. The largest absolute Gasteiger partial charge is 0.341 e. The molecule has 0 radical (unpaired) electrons. The number of sulfonamides is 1. The van der Waals surface area contributed by atoms with Gasteiger partial charge in [-0.15, -0.1) is 11.3 Å². The summed E-state index contributed by atoms with van der Waals surface area (Å²) in [5.74, 6) is -1.29. The topological polar surface area (TPSA) is 108 Å². The van der Waals surface area contributed by atoms with Gasteiger partial charge in [-0.05, 0) is 55.2 Å². The number of anilines is 1. The summed E-state index contributed by atoms with van der Waals surface area (Å²) in [4.78, 5) is 31.8. The van der Waals surface area contributed by atoms with Gasteiger partial charge < -0.3 is 10.2 Å².